The predicted molar refractivity (Wildman–Crippen MR) is 97.1 cm³/mol. The number of hydrogen-bond acceptors (Lipinski definition) is 3. The molecule has 0 bridgehead atoms. The van der Waals surface area contributed by atoms with E-state index in [9.17, 15) is 9.90 Å². The van der Waals surface area contributed by atoms with E-state index in [1.807, 2.05) is 18.2 Å². The van der Waals surface area contributed by atoms with Gasteiger partial charge in [0.2, 0.25) is 0 Å². The molecule has 1 aliphatic carbocycles. The molecule has 2 fully saturated rings. The van der Waals surface area contributed by atoms with Gasteiger partial charge in [-0.05, 0) is 30.4 Å². The molecule has 1 saturated heterocycles. The lowest BCUT2D eigenvalue weighted by atomic mass is 9.68. The topological polar surface area (TPSA) is 49.8 Å². The third-order valence-electron chi connectivity index (χ3n) is 5.45. The van der Waals surface area contributed by atoms with Crippen molar-refractivity contribution in [3.63, 3.8) is 0 Å². The van der Waals surface area contributed by atoms with E-state index in [-0.39, 0.29) is 12.4 Å². The van der Waals surface area contributed by atoms with Crippen molar-refractivity contribution < 1.29 is 14.6 Å². The van der Waals surface area contributed by atoms with Gasteiger partial charge in [0.25, 0.3) is 0 Å². The van der Waals surface area contributed by atoms with Crippen LogP contribution >= 0.6 is 12.4 Å². The zero-order valence-corrected chi connectivity index (χ0v) is 15.0. The van der Waals surface area contributed by atoms with Gasteiger partial charge >= 0.3 is 5.97 Å². The third kappa shape index (κ3) is 4.11. The van der Waals surface area contributed by atoms with Gasteiger partial charge in [0, 0.05) is 19.6 Å². The lowest BCUT2D eigenvalue weighted by Gasteiger charge is -2.35. The van der Waals surface area contributed by atoms with Crippen LogP contribution in [-0.4, -0.2) is 48.8 Å². The Morgan fingerprint density at radius 3 is 2.46 bits per heavy atom. The lowest BCUT2D eigenvalue weighted by Crippen LogP contribution is -2.40. The van der Waals surface area contributed by atoms with Crippen LogP contribution in [0.4, 0.5) is 0 Å². The summed E-state index contributed by atoms with van der Waals surface area (Å²) in [5.41, 5.74) is 1.60. The minimum absolute atomic E-state index is 0. The summed E-state index contributed by atoms with van der Waals surface area (Å²) in [7, 11) is 0. The van der Waals surface area contributed by atoms with Crippen molar-refractivity contribution in [3.05, 3.63) is 35.4 Å². The number of halogens is 1. The van der Waals surface area contributed by atoms with Crippen molar-refractivity contribution in [3.8, 4) is 0 Å². The smallest absolute Gasteiger partial charge is 0.314 e. The average molecular weight is 354 g/mol. The van der Waals surface area contributed by atoms with Gasteiger partial charge in [-0.25, -0.2) is 0 Å². The monoisotopic (exact) mass is 353 g/mol. The van der Waals surface area contributed by atoms with Crippen LogP contribution in [0.1, 0.15) is 43.2 Å². The van der Waals surface area contributed by atoms with Gasteiger partial charge in [-0.15, -0.1) is 12.4 Å². The number of carboxylic acid groups (broad SMARTS) is 1. The van der Waals surface area contributed by atoms with Crippen LogP contribution < -0.4 is 0 Å². The molecule has 0 atom stereocenters. The van der Waals surface area contributed by atoms with E-state index < -0.39 is 11.4 Å². The van der Waals surface area contributed by atoms with Crippen LogP contribution in [0.5, 0.6) is 0 Å². The number of hydrogen-bond donors (Lipinski definition) is 1. The molecule has 0 radical (unpaired) electrons. The molecule has 4 nitrogen and oxygen atoms in total. The van der Waals surface area contributed by atoms with Gasteiger partial charge in [0.15, 0.2) is 0 Å². The van der Waals surface area contributed by atoms with Crippen molar-refractivity contribution in [2.75, 3.05) is 32.8 Å². The first kappa shape index (κ1) is 19.2. The SMILES string of the molecule is Cl.O=C(O)C1(c2ccccc2CCN2CCOCC2)CCCCC1. The zero-order valence-electron chi connectivity index (χ0n) is 14.2. The largest absolute Gasteiger partial charge is 0.481 e. The first-order valence-corrected chi connectivity index (χ1v) is 8.84. The Morgan fingerprint density at radius 1 is 1.12 bits per heavy atom. The molecule has 2 aliphatic rings. The summed E-state index contributed by atoms with van der Waals surface area (Å²) in [6.45, 7) is 4.55. The summed E-state index contributed by atoms with van der Waals surface area (Å²) < 4.78 is 5.40. The maximum atomic E-state index is 12.1. The predicted octanol–water partition coefficient (Wildman–Crippen LogP) is 3.27. The number of rotatable bonds is 5. The fraction of sp³-hybridized carbons (Fsp3) is 0.632. The lowest BCUT2D eigenvalue weighted by molar-refractivity contribution is -0.145. The molecule has 24 heavy (non-hydrogen) atoms. The summed E-state index contributed by atoms with van der Waals surface area (Å²) in [4.78, 5) is 14.5. The quantitative estimate of drug-likeness (QED) is 0.882. The molecule has 3 rings (SSSR count). The van der Waals surface area contributed by atoms with E-state index >= 15 is 0 Å². The van der Waals surface area contributed by atoms with Gasteiger partial charge in [-0.3, -0.25) is 9.69 Å². The van der Waals surface area contributed by atoms with E-state index in [2.05, 4.69) is 11.0 Å². The molecule has 1 heterocycles. The second-order valence-corrected chi connectivity index (χ2v) is 6.81. The van der Waals surface area contributed by atoms with Crippen LogP contribution in [0.25, 0.3) is 0 Å². The first-order chi connectivity index (χ1) is 11.2. The first-order valence-electron chi connectivity index (χ1n) is 8.84. The number of morpholine rings is 1. The van der Waals surface area contributed by atoms with E-state index in [1.54, 1.807) is 0 Å². The highest BCUT2D eigenvalue weighted by atomic mass is 35.5. The molecular weight excluding hydrogens is 326 g/mol. The Kier molecular flexibility index (Phi) is 7.08. The normalized spacial score (nSPS) is 21.0. The van der Waals surface area contributed by atoms with Crippen molar-refractivity contribution in [1.82, 2.24) is 4.90 Å². The number of nitrogens with zero attached hydrogens (tertiary/aromatic N) is 1. The van der Waals surface area contributed by atoms with Gasteiger partial charge in [0.05, 0.1) is 18.6 Å². The Balaban J connectivity index is 0.00000208. The number of ether oxygens (including phenoxy) is 1. The van der Waals surface area contributed by atoms with Crippen molar-refractivity contribution in [2.45, 2.75) is 43.9 Å². The maximum absolute atomic E-state index is 12.1. The summed E-state index contributed by atoms with van der Waals surface area (Å²) >= 11 is 0. The highest BCUT2D eigenvalue weighted by Crippen LogP contribution is 2.41. The standard InChI is InChI=1S/C19H27NO3.ClH/c21-18(22)19(9-4-1-5-10-19)17-7-3-2-6-16(17)8-11-20-12-14-23-15-13-20;/h2-3,6-7H,1,4-5,8-15H2,(H,21,22);1H. The van der Waals surface area contributed by atoms with E-state index in [1.165, 1.54) is 5.56 Å². The maximum Gasteiger partial charge on any atom is 0.314 e. The summed E-state index contributed by atoms with van der Waals surface area (Å²) in [6, 6.07) is 8.20. The number of benzene rings is 1. The van der Waals surface area contributed by atoms with Gasteiger partial charge in [-0.1, -0.05) is 43.5 Å². The van der Waals surface area contributed by atoms with Crippen LogP contribution in [0.15, 0.2) is 24.3 Å². The summed E-state index contributed by atoms with van der Waals surface area (Å²) in [5, 5.41) is 9.96. The molecule has 1 aromatic rings. The molecule has 0 spiro atoms. The Morgan fingerprint density at radius 2 is 1.79 bits per heavy atom. The van der Waals surface area contributed by atoms with E-state index in [0.29, 0.717) is 0 Å². The second kappa shape index (κ2) is 8.84. The fourth-order valence-corrected chi connectivity index (χ4v) is 4.06. The Labute approximate surface area is 150 Å². The molecule has 0 unspecified atom stereocenters. The fourth-order valence-electron chi connectivity index (χ4n) is 4.06. The Hall–Kier alpha value is -1.10. The summed E-state index contributed by atoms with van der Waals surface area (Å²) in [5.74, 6) is -0.643. The van der Waals surface area contributed by atoms with Crippen molar-refractivity contribution >= 4 is 18.4 Å². The highest BCUT2D eigenvalue weighted by molar-refractivity contribution is 5.85. The molecule has 1 N–H and O–H groups in total. The van der Waals surface area contributed by atoms with Crippen LogP contribution in [0.2, 0.25) is 0 Å². The van der Waals surface area contributed by atoms with Crippen LogP contribution in [0, 0.1) is 0 Å². The molecule has 0 aromatic heterocycles. The zero-order chi connectivity index (χ0) is 16.1. The highest BCUT2D eigenvalue weighted by Gasteiger charge is 2.42. The molecule has 1 aliphatic heterocycles. The van der Waals surface area contributed by atoms with Crippen LogP contribution in [0.3, 0.4) is 0 Å². The van der Waals surface area contributed by atoms with E-state index in [4.69, 9.17) is 4.74 Å². The Bertz CT molecular complexity index is 537. The van der Waals surface area contributed by atoms with Crippen LogP contribution in [-0.2, 0) is 21.4 Å². The van der Waals surface area contributed by atoms with Crippen molar-refractivity contribution in [2.24, 2.45) is 0 Å². The number of carboxylic acids is 1. The number of aliphatic carboxylic acids is 1. The number of carbonyl (C=O) groups is 1. The molecule has 134 valence electrons. The summed E-state index contributed by atoms with van der Waals surface area (Å²) in [6.07, 6.45) is 5.66. The van der Waals surface area contributed by atoms with Crippen molar-refractivity contribution in [1.29, 1.82) is 0 Å². The third-order valence-corrected chi connectivity index (χ3v) is 5.45. The minimum atomic E-state index is -0.667. The second-order valence-electron chi connectivity index (χ2n) is 6.81. The minimum Gasteiger partial charge on any atom is -0.481 e. The molecule has 1 aromatic carbocycles. The van der Waals surface area contributed by atoms with E-state index in [0.717, 1.165) is 76.9 Å². The molecule has 1 saturated carbocycles. The van der Waals surface area contributed by atoms with Gasteiger partial charge in [-0.2, -0.15) is 0 Å². The molecular formula is C19H28ClNO3. The molecule has 0 amide bonds. The van der Waals surface area contributed by atoms with Gasteiger partial charge < -0.3 is 9.84 Å². The van der Waals surface area contributed by atoms with Gasteiger partial charge in [0.1, 0.15) is 0 Å². The average Bonchev–Trinajstić information content (AvgIpc) is 2.61. The molecule has 5 heteroatoms.